The first-order valence-corrected chi connectivity index (χ1v) is 5.09. The van der Waals surface area contributed by atoms with Gasteiger partial charge in [0, 0.05) is 13.1 Å². The lowest BCUT2D eigenvalue weighted by atomic mass is 10.2. The Labute approximate surface area is 93.7 Å². The Kier molecular flexibility index (Phi) is 3.82. The first-order chi connectivity index (χ1) is 7.47. The van der Waals surface area contributed by atoms with Gasteiger partial charge in [-0.15, -0.1) is 0 Å². The number of nitrogens with zero attached hydrogens (tertiary/aromatic N) is 2. The average Bonchev–Trinajstić information content (AvgIpc) is 2.26. The van der Waals surface area contributed by atoms with Gasteiger partial charge in [-0.25, -0.2) is 14.2 Å². The lowest BCUT2D eigenvalue weighted by Crippen LogP contribution is -2.30. The monoisotopic (exact) mass is 226 g/mol. The van der Waals surface area contributed by atoms with Crippen molar-refractivity contribution in [2.75, 3.05) is 11.9 Å². The molecule has 88 valence electrons. The van der Waals surface area contributed by atoms with Crippen molar-refractivity contribution in [3.05, 3.63) is 23.6 Å². The second kappa shape index (κ2) is 4.92. The fourth-order valence-corrected chi connectivity index (χ4v) is 1.35. The molecule has 0 amide bonds. The number of carboxylic acids is 1. The predicted molar refractivity (Wildman–Crippen MR) is 59.3 cm³/mol. The Bertz CT molecular complexity index is 396. The molecular weight excluding hydrogens is 211 g/mol. The molecule has 0 bridgehead atoms. The van der Waals surface area contributed by atoms with E-state index in [4.69, 9.17) is 5.11 Å². The fraction of sp³-hybridized carbons (Fsp3) is 0.455. The highest BCUT2D eigenvalue weighted by molar-refractivity contribution is 5.93. The molecule has 0 spiro atoms. The van der Waals surface area contributed by atoms with Gasteiger partial charge in [0.2, 0.25) is 0 Å². The van der Waals surface area contributed by atoms with Gasteiger partial charge in [0.15, 0.2) is 0 Å². The van der Waals surface area contributed by atoms with Gasteiger partial charge in [-0.2, -0.15) is 0 Å². The van der Waals surface area contributed by atoms with Crippen molar-refractivity contribution < 1.29 is 14.3 Å². The summed E-state index contributed by atoms with van der Waals surface area (Å²) < 4.78 is 12.9. The smallest absolute Gasteiger partial charge is 0.339 e. The van der Waals surface area contributed by atoms with E-state index in [0.29, 0.717) is 5.82 Å². The number of aromatic carboxylic acids is 1. The number of anilines is 1. The maximum atomic E-state index is 12.9. The summed E-state index contributed by atoms with van der Waals surface area (Å²) in [6.45, 7) is 3.95. The molecule has 0 aliphatic rings. The molecule has 1 unspecified atom stereocenters. The van der Waals surface area contributed by atoms with Gasteiger partial charge in [-0.1, -0.05) is 6.92 Å². The van der Waals surface area contributed by atoms with Crippen molar-refractivity contribution >= 4 is 11.8 Å². The number of hydrogen-bond donors (Lipinski definition) is 1. The quantitative estimate of drug-likeness (QED) is 0.854. The fourth-order valence-electron chi connectivity index (χ4n) is 1.35. The van der Waals surface area contributed by atoms with Crippen molar-refractivity contribution in [2.45, 2.75) is 26.3 Å². The summed E-state index contributed by atoms with van der Waals surface area (Å²) >= 11 is 0. The molecule has 4 nitrogen and oxygen atoms in total. The van der Waals surface area contributed by atoms with E-state index in [1.54, 1.807) is 11.9 Å². The van der Waals surface area contributed by atoms with Crippen molar-refractivity contribution in [1.82, 2.24) is 4.98 Å². The maximum absolute atomic E-state index is 12.9. The lowest BCUT2D eigenvalue weighted by Gasteiger charge is -2.25. The second-order valence-electron chi connectivity index (χ2n) is 3.70. The van der Waals surface area contributed by atoms with Gasteiger partial charge in [0.25, 0.3) is 0 Å². The number of halogens is 1. The minimum absolute atomic E-state index is 0.109. The van der Waals surface area contributed by atoms with Gasteiger partial charge in [0.05, 0.1) is 6.20 Å². The third-order valence-corrected chi connectivity index (χ3v) is 2.65. The Balaban J connectivity index is 3.17. The van der Waals surface area contributed by atoms with E-state index in [0.717, 1.165) is 18.7 Å². The van der Waals surface area contributed by atoms with E-state index in [-0.39, 0.29) is 11.6 Å². The van der Waals surface area contributed by atoms with Gasteiger partial charge in [-0.3, -0.25) is 0 Å². The highest BCUT2D eigenvalue weighted by Crippen LogP contribution is 2.20. The SMILES string of the molecule is CCC(C)N(C)c1ncc(F)cc1C(=O)O. The van der Waals surface area contributed by atoms with Gasteiger partial charge >= 0.3 is 5.97 Å². The second-order valence-corrected chi connectivity index (χ2v) is 3.70. The van der Waals surface area contributed by atoms with E-state index >= 15 is 0 Å². The summed E-state index contributed by atoms with van der Waals surface area (Å²) in [5, 5.41) is 8.96. The van der Waals surface area contributed by atoms with Crippen LogP contribution < -0.4 is 4.90 Å². The molecule has 1 N–H and O–H groups in total. The highest BCUT2D eigenvalue weighted by atomic mass is 19.1. The minimum atomic E-state index is -1.17. The molecule has 0 aliphatic carbocycles. The number of carbonyl (C=O) groups is 1. The number of aromatic nitrogens is 1. The van der Waals surface area contributed by atoms with E-state index < -0.39 is 11.8 Å². The Morgan fingerprint density at radius 3 is 2.81 bits per heavy atom. The zero-order chi connectivity index (χ0) is 12.3. The van der Waals surface area contributed by atoms with Crippen LogP contribution in [0.5, 0.6) is 0 Å². The molecule has 0 saturated carbocycles. The van der Waals surface area contributed by atoms with Crippen LogP contribution in [0.1, 0.15) is 30.6 Å². The van der Waals surface area contributed by atoms with Crippen LogP contribution in [0.25, 0.3) is 0 Å². The average molecular weight is 226 g/mol. The molecule has 0 radical (unpaired) electrons. The van der Waals surface area contributed by atoms with Gasteiger partial charge in [0.1, 0.15) is 17.2 Å². The third-order valence-electron chi connectivity index (χ3n) is 2.65. The largest absolute Gasteiger partial charge is 0.478 e. The van der Waals surface area contributed by atoms with E-state index in [1.165, 1.54) is 0 Å². The molecule has 1 rings (SSSR count). The van der Waals surface area contributed by atoms with Crippen molar-refractivity contribution in [2.24, 2.45) is 0 Å². The minimum Gasteiger partial charge on any atom is -0.478 e. The normalized spacial score (nSPS) is 12.2. The van der Waals surface area contributed by atoms with Gasteiger partial charge in [-0.05, 0) is 19.4 Å². The zero-order valence-corrected chi connectivity index (χ0v) is 9.57. The molecule has 0 aromatic carbocycles. The molecule has 0 fully saturated rings. The van der Waals surface area contributed by atoms with Crippen LogP contribution in [0.2, 0.25) is 0 Å². The lowest BCUT2D eigenvalue weighted by molar-refractivity contribution is 0.0696. The van der Waals surface area contributed by atoms with Crippen LogP contribution >= 0.6 is 0 Å². The van der Waals surface area contributed by atoms with E-state index in [9.17, 15) is 9.18 Å². The summed E-state index contributed by atoms with van der Waals surface area (Å²) in [6, 6.07) is 1.14. The molecule has 16 heavy (non-hydrogen) atoms. The summed E-state index contributed by atoms with van der Waals surface area (Å²) in [4.78, 5) is 16.5. The van der Waals surface area contributed by atoms with Crippen molar-refractivity contribution in [1.29, 1.82) is 0 Å². The van der Waals surface area contributed by atoms with Crippen LogP contribution in [-0.4, -0.2) is 29.1 Å². The number of hydrogen-bond acceptors (Lipinski definition) is 3. The van der Waals surface area contributed by atoms with Crippen molar-refractivity contribution in [3.63, 3.8) is 0 Å². The number of pyridine rings is 1. The maximum Gasteiger partial charge on any atom is 0.339 e. The van der Waals surface area contributed by atoms with Crippen LogP contribution in [0.15, 0.2) is 12.3 Å². The summed E-state index contributed by atoms with van der Waals surface area (Å²) in [7, 11) is 1.75. The van der Waals surface area contributed by atoms with Crippen LogP contribution in [-0.2, 0) is 0 Å². The van der Waals surface area contributed by atoms with E-state index in [1.807, 2.05) is 13.8 Å². The first-order valence-electron chi connectivity index (χ1n) is 5.09. The summed E-state index contributed by atoms with van der Waals surface area (Å²) in [5.41, 5.74) is -0.109. The standard InChI is InChI=1S/C11H15FN2O2/c1-4-7(2)14(3)10-9(11(15)16)5-8(12)6-13-10/h5-7H,4H2,1-3H3,(H,15,16). The number of carboxylic acid groups (broad SMARTS) is 1. The number of rotatable bonds is 4. The van der Waals surface area contributed by atoms with Crippen LogP contribution in [0.3, 0.4) is 0 Å². The Hall–Kier alpha value is -1.65. The van der Waals surface area contributed by atoms with Crippen molar-refractivity contribution in [3.8, 4) is 0 Å². The molecule has 1 aromatic heterocycles. The summed E-state index contributed by atoms with van der Waals surface area (Å²) in [5.74, 6) is -1.51. The molecule has 1 atom stereocenters. The molecule has 1 aromatic rings. The topological polar surface area (TPSA) is 53.4 Å². The van der Waals surface area contributed by atoms with Crippen LogP contribution in [0, 0.1) is 5.82 Å². The van der Waals surface area contributed by atoms with E-state index in [2.05, 4.69) is 4.98 Å². The molecular formula is C11H15FN2O2. The van der Waals surface area contributed by atoms with Gasteiger partial charge < -0.3 is 10.0 Å². The Morgan fingerprint density at radius 1 is 1.69 bits per heavy atom. The molecule has 0 saturated heterocycles. The summed E-state index contributed by atoms with van der Waals surface area (Å²) in [6.07, 6.45) is 1.88. The zero-order valence-electron chi connectivity index (χ0n) is 9.57. The highest BCUT2D eigenvalue weighted by Gasteiger charge is 2.18. The Morgan fingerprint density at radius 2 is 2.31 bits per heavy atom. The predicted octanol–water partition coefficient (Wildman–Crippen LogP) is 2.15. The third kappa shape index (κ3) is 2.48. The first kappa shape index (κ1) is 12.4. The molecule has 0 aliphatic heterocycles. The molecule has 1 heterocycles. The molecule has 5 heteroatoms. The van der Waals surface area contributed by atoms with Crippen LogP contribution in [0.4, 0.5) is 10.2 Å².